The van der Waals surface area contributed by atoms with Crippen molar-refractivity contribution < 1.29 is 30.2 Å². The number of anilines is 6. The molecule has 0 saturated heterocycles. The second-order valence-electron chi connectivity index (χ2n) is 10.6. The molecule has 0 fully saturated rings. The molecule has 7 rings (SSSR count). The number of halogens is 3. The third-order valence-corrected chi connectivity index (χ3v) is 8.53. The largest absolute Gasteiger partial charge is 0.534 e. The summed E-state index contributed by atoms with van der Waals surface area (Å²) in [5.41, 5.74) is -1.46. The first-order valence-corrected chi connectivity index (χ1v) is 15.9. The molecule has 0 spiro atoms. The van der Waals surface area contributed by atoms with Gasteiger partial charge in [0.15, 0.2) is 11.3 Å². The molecule has 0 aliphatic carbocycles. The molecular formula is C37H25F3N2O4S. The summed E-state index contributed by atoms with van der Waals surface area (Å²) in [5.74, 6) is -0.597. The Bertz CT molecular complexity index is 2200. The maximum atomic E-state index is 13.7. The first kappa shape index (κ1) is 29.9. The fourth-order valence-electron chi connectivity index (χ4n) is 5.59. The molecule has 0 amide bonds. The van der Waals surface area contributed by atoms with Crippen molar-refractivity contribution in [3.63, 3.8) is 0 Å². The molecule has 0 atom stereocenters. The third-order valence-electron chi connectivity index (χ3n) is 7.56. The number of alkyl halides is 3. The third kappa shape index (κ3) is 5.64. The Hall–Kier alpha value is -5.74. The van der Waals surface area contributed by atoms with Crippen LogP contribution in [0, 0.1) is 0 Å². The van der Waals surface area contributed by atoms with Gasteiger partial charge in [-0.05, 0) is 66.7 Å². The Morgan fingerprint density at radius 3 is 1.49 bits per heavy atom. The van der Waals surface area contributed by atoms with E-state index < -0.39 is 21.4 Å². The van der Waals surface area contributed by atoms with E-state index in [-0.39, 0.29) is 5.58 Å². The first-order valence-electron chi connectivity index (χ1n) is 14.5. The smallest absolute Gasteiger partial charge is 0.452 e. The van der Waals surface area contributed by atoms with Gasteiger partial charge in [0.05, 0.1) is 16.8 Å². The molecule has 6 nitrogen and oxygen atoms in total. The number of nitrogens with zero attached hydrogens (tertiary/aromatic N) is 2. The molecule has 234 valence electrons. The summed E-state index contributed by atoms with van der Waals surface area (Å²) in [6.45, 7) is 0. The highest BCUT2D eigenvalue weighted by Gasteiger charge is 2.49. The van der Waals surface area contributed by atoms with E-state index in [0.29, 0.717) is 39.1 Å². The lowest BCUT2D eigenvalue weighted by atomic mass is 10.1. The number of para-hydroxylation sites is 4. The van der Waals surface area contributed by atoms with Gasteiger partial charge in [-0.3, -0.25) is 0 Å². The molecule has 0 saturated carbocycles. The van der Waals surface area contributed by atoms with Crippen LogP contribution in [0.15, 0.2) is 156 Å². The number of hydrogen-bond donors (Lipinski definition) is 0. The number of fused-ring (bicyclic) bond motifs is 3. The van der Waals surface area contributed by atoms with Crippen molar-refractivity contribution in [3.05, 3.63) is 152 Å². The van der Waals surface area contributed by atoms with E-state index in [4.69, 9.17) is 8.60 Å². The van der Waals surface area contributed by atoms with Gasteiger partial charge in [0, 0.05) is 34.2 Å². The van der Waals surface area contributed by atoms with Crippen molar-refractivity contribution in [2.24, 2.45) is 0 Å². The van der Waals surface area contributed by atoms with Crippen LogP contribution in [0.4, 0.5) is 47.3 Å². The summed E-state index contributed by atoms with van der Waals surface area (Å²) in [5, 5.41) is 0.904. The van der Waals surface area contributed by atoms with E-state index in [1.54, 1.807) is 23.1 Å². The molecule has 47 heavy (non-hydrogen) atoms. The van der Waals surface area contributed by atoms with Gasteiger partial charge in [-0.15, -0.1) is 0 Å². The fraction of sp³-hybridized carbons (Fsp3) is 0.0270. The van der Waals surface area contributed by atoms with Crippen LogP contribution in [0.1, 0.15) is 0 Å². The molecule has 0 unspecified atom stereocenters. The van der Waals surface area contributed by atoms with Crippen LogP contribution in [-0.4, -0.2) is 13.9 Å². The lowest BCUT2D eigenvalue weighted by Gasteiger charge is -2.27. The summed E-state index contributed by atoms with van der Waals surface area (Å²) in [4.78, 5) is 3.81. The van der Waals surface area contributed by atoms with Crippen molar-refractivity contribution in [3.8, 4) is 5.75 Å². The molecule has 0 aliphatic rings. The molecule has 0 radical (unpaired) electrons. The van der Waals surface area contributed by atoms with Gasteiger partial charge in [0.25, 0.3) is 0 Å². The number of benzene rings is 6. The van der Waals surface area contributed by atoms with E-state index in [2.05, 4.69) is 0 Å². The normalized spacial score (nSPS) is 11.9. The number of furan rings is 1. The molecule has 10 heteroatoms. The maximum absolute atomic E-state index is 13.7. The second kappa shape index (κ2) is 11.9. The lowest BCUT2D eigenvalue weighted by Crippen LogP contribution is -2.28. The summed E-state index contributed by atoms with van der Waals surface area (Å²) in [6, 6.07) is 45.9. The average Bonchev–Trinajstić information content (AvgIpc) is 3.46. The molecule has 0 bridgehead atoms. The minimum absolute atomic E-state index is 0.147. The monoisotopic (exact) mass is 650 g/mol. The van der Waals surface area contributed by atoms with Crippen molar-refractivity contribution in [1.29, 1.82) is 0 Å². The highest BCUT2D eigenvalue weighted by Crippen LogP contribution is 2.48. The van der Waals surface area contributed by atoms with Crippen LogP contribution in [0.25, 0.3) is 21.9 Å². The van der Waals surface area contributed by atoms with E-state index in [0.717, 1.165) is 11.4 Å². The number of hydrogen-bond acceptors (Lipinski definition) is 6. The van der Waals surface area contributed by atoms with E-state index in [1.807, 2.05) is 132 Å². The Morgan fingerprint density at radius 1 is 0.553 bits per heavy atom. The van der Waals surface area contributed by atoms with E-state index >= 15 is 0 Å². The molecule has 7 aromatic rings. The molecule has 6 aromatic carbocycles. The summed E-state index contributed by atoms with van der Waals surface area (Å²) < 4.78 is 77.0. The zero-order chi connectivity index (χ0) is 32.6. The molecule has 1 aromatic heterocycles. The van der Waals surface area contributed by atoms with Crippen LogP contribution in [0.5, 0.6) is 5.75 Å². The SMILES string of the molecule is O=S(=O)(Oc1cc(N(c2ccccc2)c2ccccc2)cc2c1oc1cccc(N(c3ccccc3)c3ccccc3)c12)C(F)(F)F. The van der Waals surface area contributed by atoms with Crippen LogP contribution in [0.2, 0.25) is 0 Å². The van der Waals surface area contributed by atoms with Gasteiger partial charge in [-0.2, -0.15) is 21.6 Å². The summed E-state index contributed by atoms with van der Waals surface area (Å²) in [7, 11) is -6.05. The zero-order valence-electron chi connectivity index (χ0n) is 24.5. The van der Waals surface area contributed by atoms with Gasteiger partial charge in [-0.25, -0.2) is 0 Å². The summed E-state index contributed by atoms with van der Waals surface area (Å²) >= 11 is 0. The second-order valence-corrected chi connectivity index (χ2v) is 12.1. The predicted molar refractivity (Wildman–Crippen MR) is 179 cm³/mol. The fourth-order valence-corrected chi connectivity index (χ4v) is 6.04. The van der Waals surface area contributed by atoms with Gasteiger partial charge >= 0.3 is 15.6 Å². The van der Waals surface area contributed by atoms with Crippen LogP contribution in [-0.2, 0) is 10.1 Å². The van der Waals surface area contributed by atoms with Gasteiger partial charge in [0.2, 0.25) is 0 Å². The lowest BCUT2D eigenvalue weighted by molar-refractivity contribution is -0.0499. The molecule has 0 N–H and O–H groups in total. The topological polar surface area (TPSA) is 63.0 Å². The molecule has 1 heterocycles. The average molecular weight is 651 g/mol. The quantitative estimate of drug-likeness (QED) is 0.120. The minimum atomic E-state index is -6.05. The highest BCUT2D eigenvalue weighted by atomic mass is 32.2. The Morgan fingerprint density at radius 2 is 1.02 bits per heavy atom. The van der Waals surface area contributed by atoms with Crippen LogP contribution >= 0.6 is 0 Å². The number of rotatable bonds is 8. The maximum Gasteiger partial charge on any atom is 0.534 e. The zero-order valence-corrected chi connectivity index (χ0v) is 25.3. The van der Waals surface area contributed by atoms with Crippen molar-refractivity contribution >= 4 is 66.2 Å². The first-order chi connectivity index (χ1) is 22.7. The standard InChI is InChI=1S/C37H25F3N2O4S/c38-37(39,40)47(43,44)46-34-25-30(41(26-14-5-1-6-15-26)27-16-7-2-8-17-27)24-31-35-32(22-13-23-33(35)45-36(31)34)42(28-18-9-3-10-19-28)29-20-11-4-12-21-29/h1-25H. The molecule has 0 aliphatic heterocycles. The Kier molecular flexibility index (Phi) is 7.57. The Balaban J connectivity index is 1.56. The van der Waals surface area contributed by atoms with Gasteiger partial charge < -0.3 is 18.4 Å². The van der Waals surface area contributed by atoms with Crippen molar-refractivity contribution in [2.75, 3.05) is 9.80 Å². The van der Waals surface area contributed by atoms with Crippen LogP contribution in [0.3, 0.4) is 0 Å². The highest BCUT2D eigenvalue weighted by molar-refractivity contribution is 7.88. The Labute approximate surface area is 268 Å². The van der Waals surface area contributed by atoms with Crippen molar-refractivity contribution in [1.82, 2.24) is 0 Å². The van der Waals surface area contributed by atoms with Gasteiger partial charge in [-0.1, -0.05) is 78.9 Å². The van der Waals surface area contributed by atoms with Gasteiger partial charge in [0.1, 0.15) is 5.58 Å². The van der Waals surface area contributed by atoms with E-state index in [1.165, 1.54) is 6.07 Å². The minimum Gasteiger partial charge on any atom is -0.452 e. The van der Waals surface area contributed by atoms with Crippen molar-refractivity contribution in [2.45, 2.75) is 5.51 Å². The predicted octanol–water partition coefficient (Wildman–Crippen LogP) is 10.8. The van der Waals surface area contributed by atoms with E-state index in [9.17, 15) is 21.6 Å². The van der Waals surface area contributed by atoms with Crippen LogP contribution < -0.4 is 14.0 Å². The summed E-state index contributed by atoms with van der Waals surface area (Å²) in [6.07, 6.45) is 0. The molecular weight excluding hydrogens is 625 g/mol.